The number of anilines is 1. The normalized spacial score (nSPS) is 16.6. The van der Waals surface area contributed by atoms with Crippen LogP contribution in [-0.2, 0) is 6.54 Å². The monoisotopic (exact) mass is 502 g/mol. The minimum Gasteiger partial charge on any atom is -0.375 e. The van der Waals surface area contributed by atoms with Crippen molar-refractivity contribution in [2.24, 2.45) is 0 Å². The Morgan fingerprint density at radius 3 is 2.67 bits per heavy atom. The fourth-order valence-corrected chi connectivity index (χ4v) is 5.42. The smallest absolute Gasteiger partial charge is 0.270 e. The van der Waals surface area contributed by atoms with E-state index in [0.29, 0.717) is 11.7 Å². The molecule has 2 aromatic heterocycles. The molecule has 1 aliphatic heterocycles. The summed E-state index contributed by atoms with van der Waals surface area (Å²) in [4.78, 5) is 36.6. The lowest BCUT2D eigenvalue weighted by molar-refractivity contribution is 0.0907. The van der Waals surface area contributed by atoms with E-state index in [4.69, 9.17) is 5.73 Å². The zero-order valence-corrected chi connectivity index (χ0v) is 20.9. The third kappa shape index (κ3) is 5.98. The molecule has 0 atom stereocenters. The molecule has 1 saturated heterocycles. The van der Waals surface area contributed by atoms with Gasteiger partial charge in [-0.05, 0) is 55.5 Å². The van der Waals surface area contributed by atoms with Crippen LogP contribution >= 0.6 is 11.3 Å². The summed E-state index contributed by atoms with van der Waals surface area (Å²) in [5, 5.41) is 6.50. The third-order valence-corrected chi connectivity index (χ3v) is 7.43. The van der Waals surface area contributed by atoms with Crippen molar-refractivity contribution in [1.29, 1.82) is 0 Å². The van der Waals surface area contributed by atoms with Gasteiger partial charge in [0.15, 0.2) is 5.13 Å². The van der Waals surface area contributed by atoms with Crippen LogP contribution in [0.5, 0.6) is 0 Å². The van der Waals surface area contributed by atoms with Crippen LogP contribution in [0.1, 0.15) is 52.2 Å². The summed E-state index contributed by atoms with van der Waals surface area (Å²) < 4.78 is 0.977. The molecule has 0 bridgehead atoms. The number of hydrogen-bond donors (Lipinski definition) is 3. The predicted octanol–water partition coefficient (Wildman–Crippen LogP) is 3.67. The molecule has 186 valence electrons. The first kappa shape index (κ1) is 24.1. The quantitative estimate of drug-likeness (QED) is 0.454. The second kappa shape index (κ2) is 11.0. The van der Waals surface area contributed by atoms with E-state index in [1.807, 2.05) is 18.2 Å². The molecule has 0 spiro atoms. The highest BCUT2D eigenvalue weighted by molar-refractivity contribution is 7.22. The number of nitrogens with zero attached hydrogens (tertiary/aromatic N) is 3. The van der Waals surface area contributed by atoms with Crippen molar-refractivity contribution in [3.05, 3.63) is 77.2 Å². The van der Waals surface area contributed by atoms with E-state index in [1.165, 1.54) is 16.9 Å². The average Bonchev–Trinajstić information content (AvgIpc) is 3.28. The molecule has 36 heavy (non-hydrogen) atoms. The highest BCUT2D eigenvalue weighted by Crippen LogP contribution is 2.24. The Kier molecular flexibility index (Phi) is 7.39. The summed E-state index contributed by atoms with van der Waals surface area (Å²) in [6.45, 7) is 3.27. The second-order valence-electron chi connectivity index (χ2n) is 9.26. The number of fused-ring (bicyclic) bond motifs is 1. The number of carbonyl (C=O) groups excluding carboxylic acids is 2. The number of aromatic nitrogens is 2. The molecule has 9 heteroatoms. The van der Waals surface area contributed by atoms with Gasteiger partial charge < -0.3 is 16.4 Å². The summed E-state index contributed by atoms with van der Waals surface area (Å²) in [6.07, 6.45) is 10.7. The van der Waals surface area contributed by atoms with Gasteiger partial charge in [0, 0.05) is 32.2 Å². The number of hydrogen-bond acceptors (Lipinski definition) is 7. The molecule has 1 fully saturated rings. The number of nitrogens with one attached hydrogen (secondary N) is 2. The SMILES string of the molecule is Nc1nc2ccc(CNC(=O)c3cccc(C(=O)NC4CCN(CC5=CC=CCC5)CC4)n3)cc2s1. The molecule has 2 aliphatic rings. The molecule has 3 aromatic rings. The van der Waals surface area contributed by atoms with Crippen LogP contribution in [0.3, 0.4) is 0 Å². The van der Waals surface area contributed by atoms with Crippen molar-refractivity contribution in [3.8, 4) is 0 Å². The molecule has 2 amide bonds. The lowest BCUT2D eigenvalue weighted by atomic mass is 10.0. The highest BCUT2D eigenvalue weighted by atomic mass is 32.1. The number of nitrogens with two attached hydrogens (primary N) is 1. The summed E-state index contributed by atoms with van der Waals surface area (Å²) in [5.74, 6) is -0.565. The largest absolute Gasteiger partial charge is 0.375 e. The standard InChI is InChI=1S/C27H30N6O2S/c28-27-32-21-10-9-19(15-24(21)36-27)16-29-25(34)22-7-4-8-23(31-22)26(35)30-20-11-13-33(14-12-20)17-18-5-2-1-3-6-18/h1-2,4-5,7-10,15,20H,3,6,11-14,16-17H2,(H2,28,32)(H,29,34)(H,30,35). The van der Waals surface area contributed by atoms with E-state index in [-0.39, 0.29) is 29.2 Å². The first-order valence-corrected chi connectivity index (χ1v) is 13.1. The van der Waals surface area contributed by atoms with Gasteiger partial charge in [0.05, 0.1) is 10.2 Å². The van der Waals surface area contributed by atoms with Gasteiger partial charge in [0.2, 0.25) is 0 Å². The number of likely N-dealkylation sites (tertiary alicyclic amines) is 1. The second-order valence-corrected chi connectivity index (χ2v) is 10.3. The van der Waals surface area contributed by atoms with Gasteiger partial charge in [-0.2, -0.15) is 0 Å². The molecule has 4 N–H and O–H groups in total. The van der Waals surface area contributed by atoms with Crippen molar-refractivity contribution in [1.82, 2.24) is 25.5 Å². The zero-order valence-electron chi connectivity index (χ0n) is 20.1. The van der Waals surface area contributed by atoms with Gasteiger partial charge in [-0.3, -0.25) is 14.5 Å². The number of carbonyl (C=O) groups is 2. The first-order chi connectivity index (χ1) is 17.5. The third-order valence-electron chi connectivity index (χ3n) is 6.59. The Morgan fingerprint density at radius 1 is 1.08 bits per heavy atom. The van der Waals surface area contributed by atoms with E-state index < -0.39 is 0 Å². The zero-order chi connectivity index (χ0) is 24.9. The van der Waals surface area contributed by atoms with Crippen LogP contribution in [0.25, 0.3) is 10.2 Å². The summed E-state index contributed by atoms with van der Waals surface area (Å²) in [6, 6.07) is 10.8. The summed E-state index contributed by atoms with van der Waals surface area (Å²) in [7, 11) is 0. The molecule has 0 saturated carbocycles. The van der Waals surface area contributed by atoms with Crippen molar-refractivity contribution >= 4 is 38.5 Å². The molecule has 3 heterocycles. The Hall–Kier alpha value is -3.56. The molecule has 8 nitrogen and oxygen atoms in total. The minimum atomic E-state index is -0.325. The number of amides is 2. The molecule has 0 radical (unpaired) electrons. The number of allylic oxidation sites excluding steroid dienone is 3. The number of piperidine rings is 1. The number of benzene rings is 1. The average molecular weight is 503 g/mol. The van der Waals surface area contributed by atoms with E-state index in [2.05, 4.69) is 43.7 Å². The van der Waals surface area contributed by atoms with Crippen LogP contribution in [0.15, 0.2) is 60.2 Å². The van der Waals surface area contributed by atoms with E-state index in [1.54, 1.807) is 18.2 Å². The van der Waals surface area contributed by atoms with Crippen molar-refractivity contribution in [2.45, 2.75) is 38.3 Å². The van der Waals surface area contributed by atoms with E-state index in [9.17, 15) is 9.59 Å². The van der Waals surface area contributed by atoms with Crippen molar-refractivity contribution < 1.29 is 9.59 Å². The first-order valence-electron chi connectivity index (χ1n) is 12.3. The number of nitrogen functional groups attached to an aromatic ring is 1. The van der Waals surface area contributed by atoms with Gasteiger partial charge in [0.25, 0.3) is 11.8 Å². The number of thiazole rings is 1. The van der Waals surface area contributed by atoms with Crippen LogP contribution in [0, 0.1) is 0 Å². The molecule has 5 rings (SSSR count). The van der Waals surface area contributed by atoms with Gasteiger partial charge in [-0.25, -0.2) is 9.97 Å². The maximum Gasteiger partial charge on any atom is 0.270 e. The topological polar surface area (TPSA) is 113 Å². The Labute approximate surface area is 214 Å². The molecule has 1 aromatic carbocycles. The van der Waals surface area contributed by atoms with Crippen LogP contribution in [0.2, 0.25) is 0 Å². The van der Waals surface area contributed by atoms with Crippen molar-refractivity contribution in [3.63, 3.8) is 0 Å². The lowest BCUT2D eigenvalue weighted by Gasteiger charge is -2.33. The fourth-order valence-electron chi connectivity index (χ4n) is 4.62. The summed E-state index contributed by atoms with van der Waals surface area (Å²) >= 11 is 1.41. The maximum absolute atomic E-state index is 12.8. The van der Waals surface area contributed by atoms with E-state index in [0.717, 1.165) is 61.1 Å². The number of pyridine rings is 1. The Bertz CT molecular complexity index is 1320. The Balaban J connectivity index is 1.12. The van der Waals surface area contributed by atoms with E-state index >= 15 is 0 Å². The molecule has 0 unspecified atom stereocenters. The molecule has 1 aliphatic carbocycles. The van der Waals surface area contributed by atoms with Gasteiger partial charge in [0.1, 0.15) is 11.4 Å². The molecular weight excluding hydrogens is 472 g/mol. The van der Waals surface area contributed by atoms with Gasteiger partial charge in [-0.1, -0.05) is 47.3 Å². The Morgan fingerprint density at radius 2 is 1.89 bits per heavy atom. The predicted molar refractivity (Wildman–Crippen MR) is 143 cm³/mol. The maximum atomic E-state index is 12.8. The van der Waals surface area contributed by atoms with Crippen LogP contribution in [0.4, 0.5) is 5.13 Å². The lowest BCUT2D eigenvalue weighted by Crippen LogP contribution is -2.45. The number of rotatable bonds is 7. The van der Waals surface area contributed by atoms with Gasteiger partial charge >= 0.3 is 0 Å². The highest BCUT2D eigenvalue weighted by Gasteiger charge is 2.22. The molecular formula is C27H30N6O2S. The van der Waals surface area contributed by atoms with Crippen LogP contribution < -0.4 is 16.4 Å². The van der Waals surface area contributed by atoms with Crippen LogP contribution in [-0.4, -0.2) is 52.4 Å². The van der Waals surface area contributed by atoms with Gasteiger partial charge in [-0.15, -0.1) is 0 Å². The summed E-state index contributed by atoms with van der Waals surface area (Å²) in [5.41, 5.74) is 9.51. The van der Waals surface area contributed by atoms with Crippen molar-refractivity contribution in [2.75, 3.05) is 25.4 Å². The fraction of sp³-hybridized carbons (Fsp3) is 0.333. The minimum absolute atomic E-state index is 0.115.